The molecule has 0 bridgehead atoms. The zero-order valence-electron chi connectivity index (χ0n) is 31.9. The van der Waals surface area contributed by atoms with Gasteiger partial charge in [-0.15, -0.1) is 0 Å². The number of anilines is 5. The van der Waals surface area contributed by atoms with Crippen LogP contribution >= 0.6 is 0 Å². The zero-order valence-corrected chi connectivity index (χ0v) is 31.9. The van der Waals surface area contributed by atoms with Crippen LogP contribution in [-0.4, -0.2) is 11.3 Å². The van der Waals surface area contributed by atoms with Gasteiger partial charge in [-0.1, -0.05) is 159 Å². The molecular weight excluding hydrogens is 689 g/mol. The number of rotatable bonds is 5. The van der Waals surface area contributed by atoms with Crippen molar-refractivity contribution < 1.29 is 0 Å². The van der Waals surface area contributed by atoms with E-state index in [4.69, 9.17) is 0 Å². The minimum absolute atomic E-state index is 0.0134. The summed E-state index contributed by atoms with van der Waals surface area (Å²) in [5.41, 5.74) is 20.0. The van der Waals surface area contributed by atoms with E-state index in [1.165, 1.54) is 88.9 Å². The van der Waals surface area contributed by atoms with Gasteiger partial charge in [0.25, 0.3) is 0 Å². The highest BCUT2D eigenvalue weighted by Crippen LogP contribution is 2.57. The van der Waals surface area contributed by atoms with Crippen molar-refractivity contribution in [1.82, 2.24) is 4.48 Å². The quantitative estimate of drug-likeness (QED) is 0.164. The van der Waals surface area contributed by atoms with Crippen LogP contribution in [0.1, 0.15) is 25.0 Å². The molecule has 1 aromatic heterocycles. The minimum Gasteiger partial charge on any atom is -0.375 e. The molecule has 12 rings (SSSR count). The van der Waals surface area contributed by atoms with Crippen molar-refractivity contribution in [2.24, 2.45) is 0 Å². The predicted molar refractivity (Wildman–Crippen MR) is 241 cm³/mol. The van der Waals surface area contributed by atoms with Crippen LogP contribution in [0.3, 0.4) is 0 Å². The van der Waals surface area contributed by atoms with Crippen molar-refractivity contribution in [1.29, 1.82) is 0 Å². The fourth-order valence-electron chi connectivity index (χ4n) is 10.5. The van der Waals surface area contributed by atoms with Crippen LogP contribution in [0.5, 0.6) is 0 Å². The Bertz CT molecular complexity index is 3110. The highest BCUT2D eigenvalue weighted by atomic mass is 15.2. The van der Waals surface area contributed by atoms with Gasteiger partial charge in [0.2, 0.25) is 0 Å². The highest BCUT2D eigenvalue weighted by molar-refractivity contribution is 6.85. The van der Waals surface area contributed by atoms with Gasteiger partial charge in [0, 0.05) is 66.7 Å². The number of hydrogen-bond acceptors (Lipinski definition) is 2. The van der Waals surface area contributed by atoms with Crippen molar-refractivity contribution in [3.63, 3.8) is 0 Å². The Hall–Kier alpha value is -7.04. The molecule has 0 unspecified atom stereocenters. The van der Waals surface area contributed by atoms with Crippen molar-refractivity contribution in [2.75, 3.05) is 9.80 Å². The number of para-hydroxylation sites is 4. The Kier molecular flexibility index (Phi) is 6.77. The smallest absolute Gasteiger partial charge is 0.329 e. The van der Waals surface area contributed by atoms with Crippen molar-refractivity contribution in [3.05, 3.63) is 211 Å². The lowest BCUT2D eigenvalue weighted by molar-refractivity contribution is 0.663. The van der Waals surface area contributed by atoms with E-state index in [-0.39, 0.29) is 12.3 Å². The maximum atomic E-state index is 2.72. The fourth-order valence-corrected chi connectivity index (χ4v) is 10.5. The molecule has 268 valence electrons. The first-order chi connectivity index (χ1) is 28.1. The summed E-state index contributed by atoms with van der Waals surface area (Å²) in [6.45, 7) is 4.87. The van der Waals surface area contributed by atoms with E-state index in [1.54, 1.807) is 0 Å². The summed E-state index contributed by atoms with van der Waals surface area (Å²) in [5, 5.41) is 2.53. The Morgan fingerprint density at radius 3 is 1.96 bits per heavy atom. The fraction of sp³-hybridized carbons (Fsp3) is 0.0566. The summed E-state index contributed by atoms with van der Waals surface area (Å²) in [6.07, 6.45) is 0. The van der Waals surface area contributed by atoms with Crippen molar-refractivity contribution >= 4 is 68.3 Å². The summed E-state index contributed by atoms with van der Waals surface area (Å²) in [4.78, 5) is 5.04. The van der Waals surface area contributed by atoms with E-state index in [2.05, 4.69) is 222 Å². The summed E-state index contributed by atoms with van der Waals surface area (Å²) >= 11 is 0. The van der Waals surface area contributed by atoms with Gasteiger partial charge in [-0.25, -0.2) is 0 Å². The topological polar surface area (TPSA) is 11.4 Å². The van der Waals surface area contributed by atoms with Crippen LogP contribution in [0.4, 0.5) is 28.4 Å². The van der Waals surface area contributed by atoms with Gasteiger partial charge in [0.15, 0.2) is 0 Å². The zero-order chi connectivity index (χ0) is 37.8. The largest absolute Gasteiger partial charge is 0.375 e. The van der Waals surface area contributed by atoms with E-state index in [0.29, 0.717) is 0 Å². The third-order valence-electron chi connectivity index (χ3n) is 12.8. The molecule has 3 nitrogen and oxygen atoms in total. The summed E-state index contributed by atoms with van der Waals surface area (Å²) in [7, 11) is 0. The Morgan fingerprint density at radius 1 is 0.509 bits per heavy atom. The van der Waals surface area contributed by atoms with E-state index < -0.39 is 0 Å². The second-order valence-corrected chi connectivity index (χ2v) is 16.0. The Balaban J connectivity index is 1.21. The number of fused-ring (bicyclic) bond motifs is 8. The molecule has 0 saturated heterocycles. The molecule has 2 aliphatic heterocycles. The molecule has 0 atom stereocenters. The number of hydrogen-bond donors (Lipinski definition) is 0. The summed E-state index contributed by atoms with van der Waals surface area (Å²) in [5.74, 6) is 0. The molecular formula is C53H38BN3. The average Bonchev–Trinajstić information content (AvgIpc) is 3.74. The van der Waals surface area contributed by atoms with Crippen molar-refractivity contribution in [3.8, 4) is 22.3 Å². The van der Waals surface area contributed by atoms with Crippen LogP contribution < -0.4 is 15.3 Å². The Morgan fingerprint density at radius 2 is 1.16 bits per heavy atom. The lowest BCUT2D eigenvalue weighted by atomic mass is 9.40. The van der Waals surface area contributed by atoms with E-state index in [9.17, 15) is 0 Å². The van der Waals surface area contributed by atoms with Gasteiger partial charge in [-0.2, -0.15) is 0 Å². The van der Waals surface area contributed by atoms with Crippen LogP contribution in [0, 0.1) is 0 Å². The molecule has 0 saturated carbocycles. The normalized spacial score (nSPS) is 14.5. The van der Waals surface area contributed by atoms with Crippen LogP contribution in [-0.2, 0) is 5.41 Å². The first kappa shape index (κ1) is 32.2. The average molecular weight is 728 g/mol. The maximum Gasteiger partial charge on any atom is 0.329 e. The molecule has 0 amide bonds. The second kappa shape index (κ2) is 12.0. The Labute approximate surface area is 333 Å². The van der Waals surface area contributed by atoms with Crippen LogP contribution in [0.15, 0.2) is 200 Å². The second-order valence-electron chi connectivity index (χ2n) is 16.0. The molecule has 4 heteroatoms. The molecule has 3 heterocycles. The number of aromatic nitrogens is 1. The van der Waals surface area contributed by atoms with E-state index in [1.807, 2.05) is 0 Å². The lowest BCUT2D eigenvalue weighted by Crippen LogP contribution is -2.52. The molecule has 0 spiro atoms. The number of allylic oxidation sites excluding steroid dienone is 1. The van der Waals surface area contributed by atoms with Gasteiger partial charge in [0.05, 0.1) is 11.4 Å². The summed E-state index contributed by atoms with van der Waals surface area (Å²) in [6, 6.07) is 71.5. The first-order valence-corrected chi connectivity index (χ1v) is 20.0. The van der Waals surface area contributed by atoms with Gasteiger partial charge in [0.1, 0.15) is 0 Å². The lowest BCUT2D eigenvalue weighted by Gasteiger charge is -2.43. The number of benzene rings is 8. The SMILES string of the molecule is CC1(C)C2=C(c3ccccc31)N(c1ccccc1)c1cccc3c1B2n1c2ccccc2c2c(N(c4ccccc4)c4ccccc4-c4ccccc4)ccc-3c21. The standard InChI is InChI=1S/C53H38BN3/c1-53(2)43-29-15-12-26-41(43)51-52(53)54-49-39(28-18-32-47(49)56(51)37-23-10-5-11-24-37)40-33-34-46(48-42-27-14-17-31-45(42)57(54)50(40)48)55(36-21-8-4-9-22-36)44-30-16-13-25-38(44)35-19-6-3-7-20-35/h3-34H,1-2H3. The summed E-state index contributed by atoms with van der Waals surface area (Å²) < 4.78 is 2.72. The monoisotopic (exact) mass is 727 g/mol. The first-order valence-electron chi connectivity index (χ1n) is 20.0. The maximum absolute atomic E-state index is 2.72. The van der Waals surface area contributed by atoms with Gasteiger partial charge in [-0.3, -0.25) is 0 Å². The van der Waals surface area contributed by atoms with Gasteiger partial charge < -0.3 is 14.3 Å². The van der Waals surface area contributed by atoms with Gasteiger partial charge >= 0.3 is 6.85 Å². The molecule has 0 N–H and O–H groups in total. The van der Waals surface area contributed by atoms with Crippen molar-refractivity contribution in [2.45, 2.75) is 19.3 Å². The number of nitrogens with zero attached hydrogens (tertiary/aromatic N) is 3. The third kappa shape index (κ3) is 4.38. The predicted octanol–water partition coefficient (Wildman–Crippen LogP) is 13.1. The molecule has 8 aromatic carbocycles. The third-order valence-corrected chi connectivity index (χ3v) is 12.8. The van der Waals surface area contributed by atoms with E-state index >= 15 is 0 Å². The van der Waals surface area contributed by atoms with Crippen LogP contribution in [0.25, 0.3) is 49.8 Å². The molecule has 0 radical (unpaired) electrons. The molecule has 9 aromatic rings. The van der Waals surface area contributed by atoms with Crippen LogP contribution in [0.2, 0.25) is 0 Å². The molecule has 1 aliphatic carbocycles. The van der Waals surface area contributed by atoms with Gasteiger partial charge in [-0.05, 0) is 76.2 Å². The van der Waals surface area contributed by atoms with E-state index in [0.717, 1.165) is 11.4 Å². The molecule has 3 aliphatic rings. The molecule has 0 fully saturated rings. The minimum atomic E-state index is -0.230. The highest BCUT2D eigenvalue weighted by Gasteiger charge is 2.53. The molecule has 57 heavy (non-hydrogen) atoms.